The van der Waals surface area contributed by atoms with Gasteiger partial charge in [-0.3, -0.25) is 19.2 Å². The molecule has 1 aromatic carbocycles. The number of fused-ring (bicyclic) bond motifs is 2. The van der Waals surface area contributed by atoms with Crippen LogP contribution in [0.2, 0.25) is 0 Å². The minimum Gasteiger partial charge on any atom is -0.351 e. The minimum atomic E-state index is -0.720. The highest BCUT2D eigenvalue weighted by atomic mass is 32.2. The highest BCUT2D eigenvalue weighted by Crippen LogP contribution is 2.30. The zero-order valence-corrected chi connectivity index (χ0v) is 18.8. The van der Waals surface area contributed by atoms with Crippen LogP contribution in [0.4, 0.5) is 0 Å². The van der Waals surface area contributed by atoms with Gasteiger partial charge >= 0.3 is 0 Å². The van der Waals surface area contributed by atoms with Crippen molar-refractivity contribution in [1.29, 1.82) is 0 Å². The maximum Gasteiger partial charge on any atom is 0.254 e. The first-order valence-corrected chi connectivity index (χ1v) is 12.0. The third kappa shape index (κ3) is 4.03. The molecular formula is C22H28N4O4S. The summed E-state index contributed by atoms with van der Waals surface area (Å²) in [7, 11) is 0. The van der Waals surface area contributed by atoms with E-state index in [2.05, 4.69) is 10.6 Å². The molecule has 31 heavy (non-hydrogen) atoms. The van der Waals surface area contributed by atoms with Crippen molar-refractivity contribution in [2.45, 2.75) is 50.9 Å². The third-order valence-corrected chi connectivity index (χ3v) is 6.94. The van der Waals surface area contributed by atoms with Gasteiger partial charge in [-0.2, -0.15) is 11.8 Å². The molecule has 0 bridgehead atoms. The summed E-state index contributed by atoms with van der Waals surface area (Å²) in [6.07, 6.45) is 2.79. The molecule has 166 valence electrons. The predicted molar refractivity (Wildman–Crippen MR) is 118 cm³/mol. The van der Waals surface area contributed by atoms with Crippen LogP contribution in [0.15, 0.2) is 18.2 Å². The lowest BCUT2D eigenvalue weighted by Gasteiger charge is -2.29. The van der Waals surface area contributed by atoms with E-state index in [1.807, 2.05) is 38.3 Å². The Labute approximate surface area is 186 Å². The zero-order chi connectivity index (χ0) is 22.3. The number of nitrogens with zero attached hydrogens (tertiary/aromatic N) is 2. The van der Waals surface area contributed by atoms with Crippen LogP contribution < -0.4 is 10.6 Å². The number of thioether (sulfide) groups is 1. The number of benzene rings is 1. The van der Waals surface area contributed by atoms with Gasteiger partial charge in [-0.25, -0.2) is 0 Å². The van der Waals surface area contributed by atoms with Crippen molar-refractivity contribution in [1.82, 2.24) is 20.4 Å². The molecule has 9 heteroatoms. The first-order chi connectivity index (χ1) is 14.8. The lowest BCUT2D eigenvalue weighted by molar-refractivity contribution is -0.138. The Morgan fingerprint density at radius 3 is 2.77 bits per heavy atom. The number of aryl methyl sites for hydroxylation is 2. The SMILES string of the molecule is CSCC(=O)NC1CC2C(=O)NC3CCN(C(=O)c4cc(C)ccc4C)C3C(=O)N2C1. The predicted octanol–water partition coefficient (Wildman–Crippen LogP) is 0.465. The summed E-state index contributed by atoms with van der Waals surface area (Å²) in [6, 6.07) is 3.73. The molecule has 4 unspecified atom stereocenters. The van der Waals surface area contributed by atoms with E-state index in [0.717, 1.165) is 11.1 Å². The van der Waals surface area contributed by atoms with Crippen LogP contribution in [-0.4, -0.2) is 82.7 Å². The number of carbonyl (C=O) groups excluding carboxylic acids is 4. The molecule has 4 amide bonds. The Morgan fingerprint density at radius 1 is 1.26 bits per heavy atom. The van der Waals surface area contributed by atoms with Gasteiger partial charge in [0.1, 0.15) is 12.1 Å². The second kappa shape index (κ2) is 8.53. The summed E-state index contributed by atoms with van der Waals surface area (Å²) >= 11 is 1.42. The molecule has 0 aromatic heterocycles. The molecule has 3 aliphatic rings. The van der Waals surface area contributed by atoms with Crippen LogP contribution in [0.25, 0.3) is 0 Å². The van der Waals surface area contributed by atoms with Crippen LogP contribution in [0, 0.1) is 13.8 Å². The second-order valence-corrected chi connectivity index (χ2v) is 9.47. The molecule has 3 heterocycles. The van der Waals surface area contributed by atoms with E-state index in [9.17, 15) is 19.2 Å². The Morgan fingerprint density at radius 2 is 2.03 bits per heavy atom. The van der Waals surface area contributed by atoms with E-state index in [0.29, 0.717) is 30.7 Å². The molecule has 2 N–H and O–H groups in total. The molecule has 1 aromatic rings. The molecule has 4 atom stereocenters. The van der Waals surface area contributed by atoms with Crippen molar-refractivity contribution in [3.05, 3.63) is 34.9 Å². The van der Waals surface area contributed by atoms with Crippen LogP contribution >= 0.6 is 11.8 Å². The molecule has 3 aliphatic heterocycles. The van der Waals surface area contributed by atoms with Gasteiger partial charge in [0.15, 0.2) is 0 Å². The fraction of sp³-hybridized carbons (Fsp3) is 0.545. The molecule has 3 saturated heterocycles. The Balaban J connectivity index is 1.57. The highest BCUT2D eigenvalue weighted by molar-refractivity contribution is 7.99. The van der Waals surface area contributed by atoms with Gasteiger partial charge in [0.05, 0.1) is 11.8 Å². The summed E-state index contributed by atoms with van der Waals surface area (Å²) < 4.78 is 0. The number of hydrogen-bond acceptors (Lipinski definition) is 5. The number of likely N-dealkylation sites (tertiary alicyclic amines) is 1. The molecule has 0 saturated carbocycles. The average Bonchev–Trinajstić information content (AvgIpc) is 3.31. The Kier molecular flexibility index (Phi) is 5.96. The summed E-state index contributed by atoms with van der Waals surface area (Å²) in [6.45, 7) is 4.52. The van der Waals surface area contributed by atoms with Crippen molar-refractivity contribution in [3.8, 4) is 0 Å². The van der Waals surface area contributed by atoms with Gasteiger partial charge < -0.3 is 20.4 Å². The quantitative estimate of drug-likeness (QED) is 0.703. The Hall–Kier alpha value is -2.55. The van der Waals surface area contributed by atoms with Gasteiger partial charge in [0.2, 0.25) is 17.7 Å². The summed E-state index contributed by atoms with van der Waals surface area (Å²) in [5, 5.41) is 5.91. The first-order valence-electron chi connectivity index (χ1n) is 10.6. The Bertz CT molecular complexity index is 936. The smallest absolute Gasteiger partial charge is 0.254 e. The van der Waals surface area contributed by atoms with E-state index in [4.69, 9.17) is 0 Å². The number of hydrogen-bond donors (Lipinski definition) is 2. The normalized spacial score (nSPS) is 27.5. The number of rotatable bonds is 4. The topological polar surface area (TPSA) is 98.8 Å². The molecule has 0 radical (unpaired) electrons. The highest BCUT2D eigenvalue weighted by Gasteiger charge is 2.52. The maximum absolute atomic E-state index is 13.5. The number of amides is 4. The fourth-order valence-electron chi connectivity index (χ4n) is 4.88. The van der Waals surface area contributed by atoms with Crippen molar-refractivity contribution >= 4 is 35.4 Å². The maximum atomic E-state index is 13.5. The molecule has 3 fully saturated rings. The van der Waals surface area contributed by atoms with Crippen molar-refractivity contribution in [2.75, 3.05) is 25.1 Å². The van der Waals surface area contributed by atoms with Gasteiger partial charge in [-0.15, -0.1) is 0 Å². The lowest BCUT2D eigenvalue weighted by Crippen LogP contribution is -2.52. The molecule has 8 nitrogen and oxygen atoms in total. The summed E-state index contributed by atoms with van der Waals surface area (Å²) in [4.78, 5) is 54.9. The number of nitrogens with one attached hydrogen (secondary N) is 2. The van der Waals surface area contributed by atoms with Gasteiger partial charge in [0.25, 0.3) is 5.91 Å². The molecular weight excluding hydrogens is 416 g/mol. The van der Waals surface area contributed by atoms with E-state index >= 15 is 0 Å². The van der Waals surface area contributed by atoms with Crippen molar-refractivity contribution in [3.63, 3.8) is 0 Å². The number of carbonyl (C=O) groups is 4. The average molecular weight is 445 g/mol. The van der Waals surface area contributed by atoms with Gasteiger partial charge in [0, 0.05) is 24.7 Å². The van der Waals surface area contributed by atoms with Crippen LogP contribution in [0.1, 0.15) is 34.3 Å². The second-order valence-electron chi connectivity index (χ2n) is 8.61. The fourth-order valence-corrected chi connectivity index (χ4v) is 5.23. The van der Waals surface area contributed by atoms with E-state index < -0.39 is 12.1 Å². The molecule has 0 aliphatic carbocycles. The third-order valence-electron chi connectivity index (χ3n) is 6.39. The molecule has 4 rings (SSSR count). The van der Waals surface area contributed by atoms with Gasteiger partial charge in [-0.05, 0) is 44.6 Å². The van der Waals surface area contributed by atoms with Crippen molar-refractivity contribution in [2.24, 2.45) is 0 Å². The minimum absolute atomic E-state index is 0.103. The summed E-state index contributed by atoms with van der Waals surface area (Å²) in [5.41, 5.74) is 2.43. The van der Waals surface area contributed by atoms with E-state index in [-0.39, 0.29) is 42.3 Å². The summed E-state index contributed by atoms with van der Waals surface area (Å²) in [5.74, 6) is -0.369. The van der Waals surface area contributed by atoms with E-state index in [1.54, 1.807) is 9.80 Å². The van der Waals surface area contributed by atoms with Crippen molar-refractivity contribution < 1.29 is 19.2 Å². The lowest BCUT2D eigenvalue weighted by atomic mass is 10.0. The van der Waals surface area contributed by atoms with Crippen LogP contribution in [0.5, 0.6) is 0 Å². The van der Waals surface area contributed by atoms with Crippen LogP contribution in [-0.2, 0) is 14.4 Å². The monoisotopic (exact) mass is 444 g/mol. The van der Waals surface area contributed by atoms with Crippen LogP contribution in [0.3, 0.4) is 0 Å². The first kappa shape index (κ1) is 21.7. The van der Waals surface area contributed by atoms with E-state index in [1.165, 1.54) is 11.8 Å². The van der Waals surface area contributed by atoms with Gasteiger partial charge in [-0.1, -0.05) is 17.7 Å². The molecule has 0 spiro atoms. The zero-order valence-electron chi connectivity index (χ0n) is 18.0. The largest absolute Gasteiger partial charge is 0.351 e. The standard InChI is InChI=1S/C22H28N4O4S/c1-12-4-5-13(2)15(8-12)21(29)25-7-6-16-19(25)22(30)26-10-14(23-18(27)11-31-3)9-17(26)20(28)24-16/h4-5,8,14,16-17,19H,6-7,9-11H2,1-3H3,(H,23,27)(H,24,28).